The van der Waals surface area contributed by atoms with Crippen molar-refractivity contribution in [2.24, 2.45) is 0 Å². The zero-order chi connectivity index (χ0) is 14.9. The molecule has 1 N–H and O–H groups in total. The minimum absolute atomic E-state index is 0.0379. The molecule has 2 aromatic rings. The highest BCUT2D eigenvalue weighted by atomic mass is 32.1. The number of rotatable bonds is 3. The van der Waals surface area contributed by atoms with Gasteiger partial charge in [0.2, 0.25) is 0 Å². The van der Waals surface area contributed by atoms with Gasteiger partial charge in [0.1, 0.15) is 0 Å². The zero-order valence-electron chi connectivity index (χ0n) is 11.4. The molecule has 0 radical (unpaired) electrons. The number of benzene rings is 1. The second-order valence-electron chi connectivity index (χ2n) is 4.54. The molecule has 0 aliphatic heterocycles. The molecule has 6 heteroatoms. The van der Waals surface area contributed by atoms with Gasteiger partial charge in [0.15, 0.2) is 0 Å². The van der Waals surface area contributed by atoms with Crippen molar-refractivity contribution in [1.29, 1.82) is 0 Å². The van der Waals surface area contributed by atoms with Crippen LogP contribution in [0.4, 0.5) is 11.4 Å². The number of nitro benzene ring substituents is 1. The Morgan fingerprint density at radius 1 is 1.30 bits per heavy atom. The quantitative estimate of drug-likeness (QED) is 0.689. The van der Waals surface area contributed by atoms with E-state index in [1.54, 1.807) is 18.4 Å². The minimum atomic E-state index is -0.477. The van der Waals surface area contributed by atoms with Crippen LogP contribution in [0.3, 0.4) is 0 Å². The number of non-ortho nitro benzene ring substituents is 1. The summed E-state index contributed by atoms with van der Waals surface area (Å²) in [7, 11) is 0. The van der Waals surface area contributed by atoms with E-state index in [9.17, 15) is 14.9 Å². The van der Waals surface area contributed by atoms with Crippen LogP contribution in [0.2, 0.25) is 0 Å². The fourth-order valence-corrected chi connectivity index (χ4v) is 2.65. The minimum Gasteiger partial charge on any atom is -0.321 e. The van der Waals surface area contributed by atoms with Gasteiger partial charge >= 0.3 is 0 Å². The lowest BCUT2D eigenvalue weighted by Gasteiger charge is -2.08. The molecule has 0 aliphatic rings. The topological polar surface area (TPSA) is 72.2 Å². The van der Waals surface area contributed by atoms with Gasteiger partial charge in [-0.2, -0.15) is 0 Å². The summed E-state index contributed by atoms with van der Waals surface area (Å²) in [6, 6.07) is 4.42. The first-order valence-electron chi connectivity index (χ1n) is 6.01. The van der Waals surface area contributed by atoms with Crippen molar-refractivity contribution in [1.82, 2.24) is 0 Å². The van der Waals surface area contributed by atoms with E-state index in [1.807, 2.05) is 13.8 Å². The van der Waals surface area contributed by atoms with E-state index in [0.29, 0.717) is 11.3 Å². The van der Waals surface area contributed by atoms with Crippen LogP contribution in [-0.2, 0) is 0 Å². The van der Waals surface area contributed by atoms with Gasteiger partial charge in [-0.15, -0.1) is 11.3 Å². The normalized spacial score (nSPS) is 10.3. The van der Waals surface area contributed by atoms with Crippen molar-refractivity contribution in [3.63, 3.8) is 0 Å². The van der Waals surface area contributed by atoms with Crippen LogP contribution in [0.15, 0.2) is 23.6 Å². The smallest absolute Gasteiger partial charge is 0.271 e. The summed E-state index contributed by atoms with van der Waals surface area (Å²) in [6.45, 7) is 5.64. The molecule has 0 fully saturated rings. The van der Waals surface area contributed by atoms with Crippen molar-refractivity contribution in [3.05, 3.63) is 55.3 Å². The van der Waals surface area contributed by atoms with Crippen molar-refractivity contribution in [2.45, 2.75) is 20.8 Å². The van der Waals surface area contributed by atoms with Crippen LogP contribution in [0.1, 0.15) is 26.4 Å². The monoisotopic (exact) mass is 290 g/mol. The number of nitrogens with zero attached hydrogens (tertiary/aromatic N) is 1. The lowest BCUT2D eigenvalue weighted by atomic mass is 10.1. The first-order chi connectivity index (χ1) is 9.40. The summed E-state index contributed by atoms with van der Waals surface area (Å²) >= 11 is 1.51. The molecular weight excluding hydrogens is 276 g/mol. The maximum absolute atomic E-state index is 12.2. The number of hydrogen-bond acceptors (Lipinski definition) is 4. The Bertz CT molecular complexity index is 692. The van der Waals surface area contributed by atoms with Crippen LogP contribution < -0.4 is 5.32 Å². The first kappa shape index (κ1) is 14.2. The van der Waals surface area contributed by atoms with Crippen molar-refractivity contribution >= 4 is 28.6 Å². The van der Waals surface area contributed by atoms with Crippen molar-refractivity contribution in [3.8, 4) is 0 Å². The molecular formula is C14H14N2O3S. The highest BCUT2D eigenvalue weighted by molar-refractivity contribution is 7.10. The van der Waals surface area contributed by atoms with Gasteiger partial charge in [0.05, 0.1) is 16.2 Å². The average Bonchev–Trinajstić information content (AvgIpc) is 2.72. The third-order valence-electron chi connectivity index (χ3n) is 3.21. The fourth-order valence-electron chi connectivity index (χ4n) is 1.79. The standard InChI is InChI=1S/C14H14N2O3S/c1-8-4-5-11(16(18)19)6-13(8)15-14(17)12-7-20-10(3)9(12)2/h4-7H,1-3H3,(H,15,17). The number of anilines is 1. The average molecular weight is 290 g/mol. The third-order valence-corrected chi connectivity index (χ3v) is 4.22. The summed E-state index contributed by atoms with van der Waals surface area (Å²) in [5.41, 5.74) is 2.76. The van der Waals surface area contributed by atoms with Gasteiger partial charge in [-0.3, -0.25) is 14.9 Å². The van der Waals surface area contributed by atoms with E-state index >= 15 is 0 Å². The Labute approximate surface area is 120 Å². The van der Waals surface area contributed by atoms with Crippen LogP contribution in [-0.4, -0.2) is 10.8 Å². The summed E-state index contributed by atoms with van der Waals surface area (Å²) in [6.07, 6.45) is 0. The van der Waals surface area contributed by atoms with E-state index in [4.69, 9.17) is 0 Å². The van der Waals surface area contributed by atoms with E-state index in [2.05, 4.69) is 5.32 Å². The van der Waals surface area contributed by atoms with Gasteiger partial charge in [0, 0.05) is 22.4 Å². The van der Waals surface area contributed by atoms with Crippen LogP contribution in [0, 0.1) is 30.9 Å². The number of hydrogen-bond donors (Lipinski definition) is 1. The summed E-state index contributed by atoms with van der Waals surface area (Å²) in [5, 5.41) is 15.3. The molecule has 0 unspecified atom stereocenters. The second-order valence-corrected chi connectivity index (χ2v) is 5.62. The summed E-state index contributed by atoms with van der Waals surface area (Å²) in [5.74, 6) is -0.240. The molecule has 1 heterocycles. The third kappa shape index (κ3) is 2.70. The molecule has 0 spiro atoms. The van der Waals surface area contributed by atoms with Gasteiger partial charge in [-0.1, -0.05) is 6.07 Å². The van der Waals surface area contributed by atoms with Crippen molar-refractivity contribution in [2.75, 3.05) is 5.32 Å². The summed E-state index contributed by atoms with van der Waals surface area (Å²) in [4.78, 5) is 23.6. The maximum Gasteiger partial charge on any atom is 0.271 e. The van der Waals surface area contributed by atoms with Crippen LogP contribution in [0.25, 0.3) is 0 Å². The molecule has 0 bridgehead atoms. The number of thiophene rings is 1. The molecule has 1 aromatic carbocycles. The number of amides is 1. The molecule has 5 nitrogen and oxygen atoms in total. The Morgan fingerprint density at radius 2 is 2.00 bits per heavy atom. The molecule has 1 aromatic heterocycles. The molecule has 0 aliphatic carbocycles. The molecule has 0 saturated heterocycles. The van der Waals surface area contributed by atoms with Gasteiger partial charge < -0.3 is 5.32 Å². The van der Waals surface area contributed by atoms with Gasteiger partial charge in [0.25, 0.3) is 11.6 Å². The lowest BCUT2D eigenvalue weighted by Crippen LogP contribution is -2.13. The molecule has 104 valence electrons. The van der Waals surface area contributed by atoms with E-state index in [0.717, 1.165) is 16.0 Å². The van der Waals surface area contributed by atoms with E-state index in [1.165, 1.54) is 23.5 Å². The zero-order valence-corrected chi connectivity index (χ0v) is 12.2. The van der Waals surface area contributed by atoms with E-state index in [-0.39, 0.29) is 11.6 Å². The molecule has 2 rings (SSSR count). The van der Waals surface area contributed by atoms with Crippen LogP contribution >= 0.6 is 11.3 Å². The molecule has 0 atom stereocenters. The van der Waals surface area contributed by atoms with E-state index < -0.39 is 4.92 Å². The lowest BCUT2D eigenvalue weighted by molar-refractivity contribution is -0.384. The highest BCUT2D eigenvalue weighted by Gasteiger charge is 2.15. The Kier molecular flexibility index (Phi) is 3.85. The first-order valence-corrected chi connectivity index (χ1v) is 6.89. The largest absolute Gasteiger partial charge is 0.321 e. The number of aryl methyl sites for hydroxylation is 2. The SMILES string of the molecule is Cc1ccc([N+](=O)[O-])cc1NC(=O)c1csc(C)c1C. The van der Waals surface area contributed by atoms with Crippen LogP contribution in [0.5, 0.6) is 0 Å². The number of nitro groups is 1. The van der Waals surface area contributed by atoms with Gasteiger partial charge in [-0.25, -0.2) is 0 Å². The Hall–Kier alpha value is -2.21. The Morgan fingerprint density at radius 3 is 2.55 bits per heavy atom. The molecule has 1 amide bonds. The number of carbonyl (C=O) groups is 1. The Balaban J connectivity index is 2.30. The molecule has 0 saturated carbocycles. The fraction of sp³-hybridized carbons (Fsp3) is 0.214. The second kappa shape index (κ2) is 5.42. The summed E-state index contributed by atoms with van der Waals surface area (Å²) < 4.78 is 0. The van der Waals surface area contributed by atoms with Gasteiger partial charge in [-0.05, 0) is 31.9 Å². The predicted octanol–water partition coefficient (Wildman–Crippen LogP) is 3.83. The molecule has 20 heavy (non-hydrogen) atoms. The van der Waals surface area contributed by atoms with Crippen molar-refractivity contribution < 1.29 is 9.72 Å². The highest BCUT2D eigenvalue weighted by Crippen LogP contribution is 2.25. The maximum atomic E-state index is 12.2. The number of carbonyl (C=O) groups excluding carboxylic acids is 1. The number of nitrogens with one attached hydrogen (secondary N) is 1. The predicted molar refractivity (Wildman–Crippen MR) is 79.6 cm³/mol.